The average molecular weight is 455 g/mol. The van der Waals surface area contributed by atoms with Gasteiger partial charge in [-0.25, -0.2) is 9.18 Å². The molecule has 3 aromatic carbocycles. The highest BCUT2D eigenvalue weighted by atomic mass is 19.1. The minimum Gasteiger partial charge on any atom is -0.331 e. The number of carbonyl (C=O) groups excluding carboxylic acids is 3. The van der Waals surface area contributed by atoms with E-state index >= 15 is 0 Å². The Balaban J connectivity index is 1.34. The second-order valence-corrected chi connectivity index (χ2v) is 8.53. The van der Waals surface area contributed by atoms with Crippen LogP contribution in [0.15, 0.2) is 66.9 Å². The third-order valence-electron chi connectivity index (χ3n) is 6.47. The van der Waals surface area contributed by atoms with Crippen molar-refractivity contribution in [3.63, 3.8) is 0 Å². The lowest BCUT2D eigenvalue weighted by molar-refractivity contribution is -0.124. The number of fused-ring (bicyclic) bond motifs is 2. The normalized spacial score (nSPS) is 19.4. The Morgan fingerprint density at radius 2 is 1.76 bits per heavy atom. The molecule has 1 aromatic heterocycles. The fourth-order valence-corrected chi connectivity index (χ4v) is 4.71. The van der Waals surface area contributed by atoms with Gasteiger partial charge in [-0.15, -0.1) is 0 Å². The van der Waals surface area contributed by atoms with E-state index in [1.165, 1.54) is 17.0 Å². The van der Waals surface area contributed by atoms with E-state index in [1.807, 2.05) is 30.3 Å². The van der Waals surface area contributed by atoms with Gasteiger partial charge >= 0.3 is 6.03 Å². The number of benzene rings is 3. The van der Waals surface area contributed by atoms with Crippen molar-refractivity contribution in [1.29, 1.82) is 0 Å². The van der Waals surface area contributed by atoms with Gasteiger partial charge in [-0.2, -0.15) is 5.10 Å². The summed E-state index contributed by atoms with van der Waals surface area (Å²) >= 11 is 0. The van der Waals surface area contributed by atoms with Crippen LogP contribution < -0.4 is 10.6 Å². The van der Waals surface area contributed by atoms with Crippen molar-refractivity contribution in [3.8, 4) is 11.1 Å². The highest BCUT2D eigenvalue weighted by Gasteiger charge is 2.50. The highest BCUT2D eigenvalue weighted by molar-refractivity contribution is 6.08. The fraction of sp³-hybridized carbons (Fsp3) is 0.120. The SMILES string of the molecule is O=C1NC(=O)C(CN2Cc3ccc(F)cc3C2=O)(c2ccc(-c3ccc4cn[nH]c4c3)cc2)N1. The Bertz CT molecular complexity index is 1500. The van der Waals surface area contributed by atoms with Crippen LogP contribution in [0.3, 0.4) is 0 Å². The zero-order chi connectivity index (χ0) is 23.4. The molecule has 2 aliphatic heterocycles. The molecule has 1 unspecified atom stereocenters. The molecule has 9 heteroatoms. The zero-order valence-corrected chi connectivity index (χ0v) is 17.8. The second kappa shape index (κ2) is 7.24. The topological polar surface area (TPSA) is 107 Å². The first-order valence-electron chi connectivity index (χ1n) is 10.7. The molecule has 1 saturated heterocycles. The Hall–Kier alpha value is -4.53. The maximum Gasteiger partial charge on any atom is 0.322 e. The number of amides is 4. The molecule has 0 bridgehead atoms. The van der Waals surface area contributed by atoms with Crippen LogP contribution in [-0.2, 0) is 16.9 Å². The highest BCUT2D eigenvalue weighted by Crippen LogP contribution is 2.33. The summed E-state index contributed by atoms with van der Waals surface area (Å²) in [5.74, 6) is -1.43. The first kappa shape index (κ1) is 20.1. The van der Waals surface area contributed by atoms with Gasteiger partial charge in [-0.1, -0.05) is 42.5 Å². The van der Waals surface area contributed by atoms with Gasteiger partial charge in [0.2, 0.25) is 0 Å². The van der Waals surface area contributed by atoms with E-state index in [4.69, 9.17) is 0 Å². The van der Waals surface area contributed by atoms with E-state index in [1.54, 1.807) is 24.4 Å². The summed E-state index contributed by atoms with van der Waals surface area (Å²) in [6.07, 6.45) is 1.75. The standard InChI is InChI=1S/C25H18FN5O3/c26-19-8-5-17-12-31(22(32)20(17)10-19)13-25(23(33)28-24(34)29-25)18-6-3-14(4-7-18)15-1-2-16-11-27-30-21(16)9-15/h1-11H,12-13H2,(H,27,30)(H2,28,29,33,34). The monoisotopic (exact) mass is 455 g/mol. The summed E-state index contributed by atoms with van der Waals surface area (Å²) in [6.45, 7) is 0.140. The van der Waals surface area contributed by atoms with Crippen LogP contribution >= 0.6 is 0 Å². The van der Waals surface area contributed by atoms with Gasteiger partial charge in [-0.3, -0.25) is 20.0 Å². The molecule has 3 N–H and O–H groups in total. The van der Waals surface area contributed by atoms with Gasteiger partial charge in [0.05, 0.1) is 18.3 Å². The molecule has 1 atom stereocenters. The van der Waals surface area contributed by atoms with Crippen molar-refractivity contribution in [1.82, 2.24) is 25.7 Å². The van der Waals surface area contributed by atoms with Crippen molar-refractivity contribution in [2.75, 3.05) is 6.54 Å². The van der Waals surface area contributed by atoms with Crippen molar-refractivity contribution in [3.05, 3.63) is 89.4 Å². The molecule has 4 aromatic rings. The lowest BCUT2D eigenvalue weighted by atomic mass is 9.88. The zero-order valence-electron chi connectivity index (χ0n) is 17.8. The van der Waals surface area contributed by atoms with Crippen LogP contribution in [0.5, 0.6) is 0 Å². The number of nitrogens with one attached hydrogen (secondary N) is 3. The molecule has 4 amide bonds. The number of rotatable bonds is 4. The van der Waals surface area contributed by atoms with E-state index in [0.29, 0.717) is 11.1 Å². The summed E-state index contributed by atoms with van der Waals surface area (Å²) in [5, 5.41) is 13.0. The molecule has 34 heavy (non-hydrogen) atoms. The van der Waals surface area contributed by atoms with Crippen molar-refractivity contribution < 1.29 is 18.8 Å². The molecular weight excluding hydrogens is 437 g/mol. The summed E-state index contributed by atoms with van der Waals surface area (Å²) in [6, 6.07) is 16.6. The van der Waals surface area contributed by atoms with Gasteiger partial charge < -0.3 is 10.2 Å². The predicted octanol–water partition coefficient (Wildman–Crippen LogP) is 3.06. The fourth-order valence-electron chi connectivity index (χ4n) is 4.71. The molecule has 8 nitrogen and oxygen atoms in total. The lowest BCUT2D eigenvalue weighted by Crippen LogP contribution is -2.52. The largest absolute Gasteiger partial charge is 0.331 e. The van der Waals surface area contributed by atoms with E-state index in [9.17, 15) is 18.8 Å². The van der Waals surface area contributed by atoms with Gasteiger partial charge in [0, 0.05) is 17.5 Å². The van der Waals surface area contributed by atoms with Crippen LogP contribution in [-0.4, -0.2) is 39.5 Å². The van der Waals surface area contributed by atoms with Gasteiger partial charge in [-0.05, 0) is 40.5 Å². The smallest absolute Gasteiger partial charge is 0.322 e. The predicted molar refractivity (Wildman–Crippen MR) is 121 cm³/mol. The molecule has 0 spiro atoms. The number of imide groups is 1. The van der Waals surface area contributed by atoms with Crippen LogP contribution in [0, 0.1) is 5.82 Å². The minimum absolute atomic E-state index is 0.0842. The minimum atomic E-state index is -1.46. The van der Waals surface area contributed by atoms with Crippen LogP contribution in [0.2, 0.25) is 0 Å². The Morgan fingerprint density at radius 1 is 0.971 bits per heavy atom. The van der Waals surface area contributed by atoms with Crippen LogP contribution in [0.25, 0.3) is 22.0 Å². The van der Waals surface area contributed by atoms with E-state index < -0.39 is 23.3 Å². The number of nitrogens with zero attached hydrogens (tertiary/aromatic N) is 2. The molecule has 3 heterocycles. The van der Waals surface area contributed by atoms with E-state index in [0.717, 1.165) is 22.0 Å². The maximum atomic E-state index is 13.7. The quantitative estimate of drug-likeness (QED) is 0.411. The number of carbonyl (C=O) groups is 3. The second-order valence-electron chi connectivity index (χ2n) is 8.53. The maximum absolute atomic E-state index is 13.7. The third-order valence-corrected chi connectivity index (χ3v) is 6.47. The molecular formula is C25H18FN5O3. The number of aromatic nitrogens is 2. The van der Waals surface area contributed by atoms with E-state index in [-0.39, 0.29) is 24.6 Å². The number of hydrogen-bond acceptors (Lipinski definition) is 4. The van der Waals surface area contributed by atoms with Crippen molar-refractivity contribution >= 4 is 28.7 Å². The average Bonchev–Trinajstić information content (AvgIpc) is 3.50. The molecule has 168 valence electrons. The van der Waals surface area contributed by atoms with Gasteiger partial charge in [0.15, 0.2) is 5.54 Å². The number of H-pyrrole nitrogens is 1. The first-order chi connectivity index (χ1) is 16.4. The Morgan fingerprint density at radius 3 is 2.53 bits per heavy atom. The third kappa shape index (κ3) is 3.05. The lowest BCUT2D eigenvalue weighted by Gasteiger charge is -2.31. The number of halogens is 1. The summed E-state index contributed by atoms with van der Waals surface area (Å²) < 4.78 is 13.7. The van der Waals surface area contributed by atoms with Gasteiger partial charge in [0.25, 0.3) is 11.8 Å². The molecule has 0 saturated carbocycles. The summed E-state index contributed by atoms with van der Waals surface area (Å²) in [7, 11) is 0. The van der Waals surface area contributed by atoms with Crippen LogP contribution in [0.1, 0.15) is 21.5 Å². The number of aromatic amines is 1. The first-order valence-corrected chi connectivity index (χ1v) is 10.7. The molecule has 6 rings (SSSR count). The van der Waals surface area contributed by atoms with Crippen molar-refractivity contribution in [2.45, 2.75) is 12.1 Å². The molecule has 2 aliphatic rings. The Kier molecular flexibility index (Phi) is 4.28. The van der Waals surface area contributed by atoms with Crippen molar-refractivity contribution in [2.24, 2.45) is 0 Å². The molecule has 0 radical (unpaired) electrons. The van der Waals surface area contributed by atoms with Crippen LogP contribution in [0.4, 0.5) is 9.18 Å². The number of hydrogen-bond donors (Lipinski definition) is 3. The van der Waals surface area contributed by atoms with E-state index in [2.05, 4.69) is 20.8 Å². The summed E-state index contributed by atoms with van der Waals surface area (Å²) in [5.41, 5.74) is 2.81. The molecule has 1 fully saturated rings. The number of urea groups is 1. The summed E-state index contributed by atoms with van der Waals surface area (Å²) in [4.78, 5) is 39.5. The van der Waals surface area contributed by atoms with Gasteiger partial charge in [0.1, 0.15) is 5.82 Å². The molecule has 0 aliphatic carbocycles. The Labute approximate surface area is 192 Å².